The number of benzene rings is 4. The summed E-state index contributed by atoms with van der Waals surface area (Å²) in [5.41, 5.74) is 0.460. The molecule has 2 aromatic heterocycles. The molecule has 4 aromatic carbocycles. The molecule has 0 radical (unpaired) electrons. The average molecular weight is 924 g/mol. The number of aromatic nitrogens is 2. The third-order valence-electron chi connectivity index (χ3n) is 14.7. The molecule has 0 aliphatic carbocycles. The largest absolute Gasteiger partial charge is 0.284 e. The SMILES string of the molecule is CCCCCC(C)(C)CC(C)(C)NS(=O)(=O)C(CC)(CC)C(C)(CC)CCc1cc2c(=O)n3c4cccc5cccc(nc3c3cccc(c1S(=O)C(=O)CC(C)(C)CC(C)(C)C)c23)c54. The number of sulfonamides is 1. The molecule has 2 heterocycles. The van der Waals surface area contributed by atoms with E-state index in [0.717, 1.165) is 59.3 Å². The summed E-state index contributed by atoms with van der Waals surface area (Å²) < 4.78 is 49.3. The summed E-state index contributed by atoms with van der Waals surface area (Å²) >= 11 is 0. The molecule has 0 bridgehead atoms. The smallest absolute Gasteiger partial charge is 0.264 e. The van der Waals surface area contributed by atoms with Gasteiger partial charge in [-0.15, -0.1) is 0 Å². The van der Waals surface area contributed by atoms with Crippen molar-refractivity contribution in [3.63, 3.8) is 0 Å². The van der Waals surface area contributed by atoms with Gasteiger partial charge in [-0.05, 0) is 116 Å². The van der Waals surface area contributed by atoms with E-state index in [1.54, 1.807) is 4.40 Å². The topological polar surface area (TPSA) is 115 Å². The monoisotopic (exact) mass is 924 g/mol. The highest BCUT2D eigenvalue weighted by molar-refractivity contribution is 8.00. The number of nitrogens with zero attached hydrogens (tertiary/aromatic N) is 2. The van der Waals surface area contributed by atoms with Crippen molar-refractivity contribution in [3.05, 3.63) is 76.6 Å². The van der Waals surface area contributed by atoms with Crippen molar-refractivity contribution in [1.82, 2.24) is 14.1 Å². The number of unbranched alkanes of at least 4 members (excludes halogenated alkanes) is 2. The van der Waals surface area contributed by atoms with E-state index in [-0.39, 0.29) is 27.9 Å². The quantitative estimate of drug-likeness (QED) is 0.0463. The Labute approximate surface area is 392 Å². The second-order valence-electron chi connectivity index (χ2n) is 23.0. The molecule has 0 aliphatic heterocycles. The van der Waals surface area contributed by atoms with Crippen LogP contribution in [0.4, 0.5) is 0 Å². The summed E-state index contributed by atoms with van der Waals surface area (Å²) in [6, 6.07) is 19.5. The number of hydrogen-bond acceptors (Lipinski definition) is 6. The van der Waals surface area contributed by atoms with E-state index in [4.69, 9.17) is 4.98 Å². The average Bonchev–Trinajstić information content (AvgIpc) is 3.20. The van der Waals surface area contributed by atoms with Crippen LogP contribution in [0.15, 0.2) is 70.4 Å². The van der Waals surface area contributed by atoms with Gasteiger partial charge in [-0.25, -0.2) is 22.3 Å². The van der Waals surface area contributed by atoms with E-state index in [9.17, 15) is 4.79 Å². The van der Waals surface area contributed by atoms with Gasteiger partial charge in [0.1, 0.15) is 16.4 Å². The summed E-state index contributed by atoms with van der Waals surface area (Å²) in [6.07, 6.45) is 8.11. The molecule has 0 saturated carbocycles. The zero-order valence-corrected chi connectivity index (χ0v) is 43.6. The standard InChI is InChI=1S/C55H77N3O5S2/c1-15-19-20-31-51(8,9)36-53(12,13)57-65(62,63)55(17-3,18-4)54(14,16-2)32-30-38-33-41-46-39(47(38)64(61)44(59)34-52(10,11)35-50(5,6)7)26-23-27-40(46)48-56-42-28-21-24-37-25-22-29-43(45(37)42)58(48)49(41)60/h21-29,33,57H,15-20,30-32,34-36H2,1-14H3. The first-order chi connectivity index (χ1) is 30.2. The number of rotatable bonds is 20. The first kappa shape index (κ1) is 50.7. The van der Waals surface area contributed by atoms with Gasteiger partial charge in [-0.1, -0.05) is 145 Å². The van der Waals surface area contributed by atoms with Gasteiger partial charge >= 0.3 is 0 Å². The van der Waals surface area contributed by atoms with E-state index in [1.807, 2.05) is 88.4 Å². The molecule has 0 fully saturated rings. The Hall–Kier alpha value is -3.73. The van der Waals surface area contributed by atoms with Gasteiger partial charge in [-0.3, -0.25) is 14.0 Å². The van der Waals surface area contributed by atoms with E-state index in [1.165, 1.54) is 0 Å². The van der Waals surface area contributed by atoms with Gasteiger partial charge in [-0.2, -0.15) is 0 Å². The summed E-state index contributed by atoms with van der Waals surface area (Å²) in [4.78, 5) is 35.1. The molecule has 2 unspecified atom stereocenters. The molecule has 10 heteroatoms. The van der Waals surface area contributed by atoms with Crippen LogP contribution in [-0.2, 0) is 32.0 Å². The highest BCUT2D eigenvalue weighted by atomic mass is 32.2. The first-order valence-electron chi connectivity index (χ1n) is 24.2. The van der Waals surface area contributed by atoms with Crippen LogP contribution in [0.25, 0.3) is 49.0 Å². The maximum Gasteiger partial charge on any atom is 0.264 e. The predicted molar refractivity (Wildman–Crippen MR) is 275 cm³/mol. The number of aryl methyl sites for hydroxylation is 1. The van der Waals surface area contributed by atoms with Crippen LogP contribution in [0.1, 0.15) is 173 Å². The van der Waals surface area contributed by atoms with Crippen molar-refractivity contribution < 1.29 is 17.4 Å². The molecule has 354 valence electrons. The fourth-order valence-corrected chi connectivity index (χ4v) is 16.5. The van der Waals surface area contributed by atoms with Crippen molar-refractivity contribution in [2.75, 3.05) is 0 Å². The van der Waals surface area contributed by atoms with Gasteiger partial charge in [0, 0.05) is 38.9 Å². The van der Waals surface area contributed by atoms with Crippen molar-refractivity contribution in [3.8, 4) is 0 Å². The van der Waals surface area contributed by atoms with E-state index < -0.39 is 41.9 Å². The molecule has 2 atom stereocenters. The van der Waals surface area contributed by atoms with Crippen LogP contribution in [-0.4, -0.2) is 37.4 Å². The van der Waals surface area contributed by atoms with Crippen LogP contribution in [0, 0.1) is 21.7 Å². The molecule has 1 N–H and O–H groups in total. The lowest BCUT2D eigenvalue weighted by Gasteiger charge is -2.49. The Morgan fingerprint density at radius 1 is 0.738 bits per heavy atom. The van der Waals surface area contributed by atoms with Gasteiger partial charge in [0.05, 0.1) is 20.7 Å². The summed E-state index contributed by atoms with van der Waals surface area (Å²) in [7, 11) is -6.03. The maximum atomic E-state index is 15.2. The van der Waals surface area contributed by atoms with E-state index in [2.05, 4.69) is 74.0 Å². The number of carbonyl (C=O) groups excluding carboxylic acids is 1. The third-order valence-corrected chi connectivity index (χ3v) is 19.0. The second kappa shape index (κ2) is 18.4. The number of fused-ring (bicyclic) bond motifs is 3. The lowest BCUT2D eigenvalue weighted by Crippen LogP contribution is -2.60. The van der Waals surface area contributed by atoms with Crippen LogP contribution < -0.4 is 10.3 Å². The Morgan fingerprint density at radius 3 is 1.98 bits per heavy atom. The fourth-order valence-electron chi connectivity index (χ4n) is 12.3. The molecule has 8 nitrogen and oxygen atoms in total. The zero-order valence-electron chi connectivity index (χ0n) is 42.0. The normalized spacial score (nSPS) is 15.2. The molecule has 0 aliphatic rings. The van der Waals surface area contributed by atoms with Gasteiger partial charge in [0.15, 0.2) is 0 Å². The molecule has 0 amide bonds. The summed E-state index contributed by atoms with van der Waals surface area (Å²) in [5.74, 6) is 0. The third kappa shape index (κ3) is 9.83. The zero-order chi connectivity index (χ0) is 48.1. The predicted octanol–water partition coefficient (Wildman–Crippen LogP) is 13.8. The van der Waals surface area contributed by atoms with Crippen molar-refractivity contribution in [2.45, 2.75) is 189 Å². The van der Waals surface area contributed by atoms with Crippen LogP contribution in [0.5, 0.6) is 0 Å². The van der Waals surface area contributed by atoms with E-state index in [0.29, 0.717) is 70.8 Å². The van der Waals surface area contributed by atoms with E-state index >= 15 is 17.4 Å². The highest BCUT2D eigenvalue weighted by Gasteiger charge is 2.55. The molecular formula is C55H77N3O5S2. The fraction of sp³-hybridized carbons (Fsp3) is 0.582. The minimum Gasteiger partial charge on any atom is -0.284 e. The number of nitrogens with one attached hydrogen (secondary N) is 1. The minimum atomic E-state index is -3.94. The molecule has 6 rings (SSSR count). The Morgan fingerprint density at radius 2 is 1.37 bits per heavy atom. The summed E-state index contributed by atoms with van der Waals surface area (Å²) in [6.45, 7) is 29.4. The van der Waals surface area contributed by atoms with Crippen molar-refractivity contribution >= 4 is 74.9 Å². The summed E-state index contributed by atoms with van der Waals surface area (Å²) in [5, 5.41) is 3.94. The number of pyridine rings is 1. The molecule has 65 heavy (non-hydrogen) atoms. The van der Waals surface area contributed by atoms with Gasteiger partial charge in [0.2, 0.25) is 15.1 Å². The highest BCUT2D eigenvalue weighted by Crippen LogP contribution is 2.50. The Balaban J connectivity index is 1.53. The lowest BCUT2D eigenvalue weighted by atomic mass is 9.68. The van der Waals surface area contributed by atoms with Crippen LogP contribution >= 0.6 is 0 Å². The molecule has 0 spiro atoms. The van der Waals surface area contributed by atoms with Crippen molar-refractivity contribution in [1.29, 1.82) is 0 Å². The molecular weight excluding hydrogens is 847 g/mol. The minimum absolute atomic E-state index is 0.0442. The van der Waals surface area contributed by atoms with Gasteiger partial charge < -0.3 is 0 Å². The Kier molecular flexibility index (Phi) is 14.3. The number of carbonyl (C=O) groups is 1. The van der Waals surface area contributed by atoms with Gasteiger partial charge in [0.25, 0.3) is 5.56 Å². The van der Waals surface area contributed by atoms with Crippen molar-refractivity contribution in [2.24, 2.45) is 21.7 Å². The van der Waals surface area contributed by atoms with Crippen LogP contribution in [0.2, 0.25) is 0 Å². The second-order valence-corrected chi connectivity index (χ2v) is 26.4. The first-order valence-corrected chi connectivity index (χ1v) is 26.9. The lowest BCUT2D eigenvalue weighted by molar-refractivity contribution is -0.113. The van der Waals surface area contributed by atoms with Crippen LogP contribution in [0.3, 0.4) is 0 Å². The molecule has 6 aromatic rings. The Bertz CT molecular complexity index is 2910. The maximum absolute atomic E-state index is 15.2. The number of hydrogen-bond donors (Lipinski definition) is 1. The molecule has 0 saturated heterocycles.